The van der Waals surface area contributed by atoms with E-state index in [9.17, 15) is 4.79 Å². The van der Waals surface area contributed by atoms with Gasteiger partial charge in [-0.1, -0.05) is 22.9 Å². The summed E-state index contributed by atoms with van der Waals surface area (Å²) in [5.74, 6) is 0.143. The number of nitrogens with zero attached hydrogens (tertiary/aromatic N) is 5. The summed E-state index contributed by atoms with van der Waals surface area (Å²) in [6.07, 6.45) is 2.03. The number of nitrogens with one attached hydrogen (secondary N) is 1. The van der Waals surface area contributed by atoms with E-state index >= 15 is 0 Å². The number of benzene rings is 2. The fourth-order valence-corrected chi connectivity index (χ4v) is 3.81. The molecule has 4 aromatic rings. The maximum atomic E-state index is 12.3. The second kappa shape index (κ2) is 8.32. The minimum Gasteiger partial charge on any atom is -0.297 e. The molecule has 0 aliphatic carbocycles. The number of thioether (sulfide) groups is 1. The molecule has 0 saturated heterocycles. The third-order valence-corrected chi connectivity index (χ3v) is 5.76. The first-order chi connectivity index (χ1) is 14.0. The summed E-state index contributed by atoms with van der Waals surface area (Å²) in [7, 11) is 0. The van der Waals surface area contributed by atoms with Gasteiger partial charge in [-0.2, -0.15) is 9.36 Å². The zero-order chi connectivity index (χ0) is 20.4. The molecule has 2 aromatic heterocycles. The minimum atomic E-state index is -0.279. The summed E-state index contributed by atoms with van der Waals surface area (Å²) in [5, 5.41) is 12.2. The molecule has 0 atom stereocenters. The Kier molecular flexibility index (Phi) is 5.61. The van der Waals surface area contributed by atoms with Crippen molar-refractivity contribution in [3.8, 4) is 17.2 Å². The van der Waals surface area contributed by atoms with Crippen molar-refractivity contribution in [3.05, 3.63) is 64.8 Å². The number of aromatic nitrogens is 5. The molecule has 0 aliphatic heterocycles. The van der Waals surface area contributed by atoms with Gasteiger partial charge in [0.1, 0.15) is 0 Å². The molecule has 0 fully saturated rings. The van der Waals surface area contributed by atoms with Gasteiger partial charge >= 0.3 is 0 Å². The van der Waals surface area contributed by atoms with Gasteiger partial charge in [0, 0.05) is 27.0 Å². The summed E-state index contributed by atoms with van der Waals surface area (Å²) in [4.78, 5) is 17.9. The predicted octanol–water partition coefficient (Wildman–Crippen LogP) is 4.72. The number of carbonyl (C=O) groups excluding carboxylic acids is 1. The highest BCUT2D eigenvalue weighted by molar-refractivity contribution is 7.98. The molecule has 0 radical (unpaired) electrons. The van der Waals surface area contributed by atoms with Crippen LogP contribution in [0.15, 0.2) is 53.4 Å². The van der Waals surface area contributed by atoms with Crippen molar-refractivity contribution in [1.82, 2.24) is 24.4 Å². The first-order valence-electron chi connectivity index (χ1n) is 8.53. The lowest BCUT2D eigenvalue weighted by atomic mass is 10.2. The summed E-state index contributed by atoms with van der Waals surface area (Å²) < 4.78 is 6.08. The van der Waals surface area contributed by atoms with Crippen molar-refractivity contribution in [2.24, 2.45) is 0 Å². The Hall–Kier alpha value is -2.75. The molecule has 0 saturated carbocycles. The first kappa shape index (κ1) is 19.6. The maximum absolute atomic E-state index is 12.3. The van der Waals surface area contributed by atoms with Crippen molar-refractivity contribution >= 4 is 45.9 Å². The quantitative estimate of drug-likeness (QED) is 0.450. The molecule has 1 N–H and O–H groups in total. The number of anilines is 1. The minimum absolute atomic E-state index is 0.279. The zero-order valence-corrected chi connectivity index (χ0v) is 17.8. The second-order valence-corrected chi connectivity index (χ2v) is 8.09. The molecule has 10 heteroatoms. The van der Waals surface area contributed by atoms with E-state index in [-0.39, 0.29) is 5.91 Å². The Morgan fingerprint density at radius 1 is 1.21 bits per heavy atom. The monoisotopic (exact) mass is 442 g/mol. The number of halogens is 1. The van der Waals surface area contributed by atoms with E-state index in [4.69, 9.17) is 11.6 Å². The third kappa shape index (κ3) is 4.16. The van der Waals surface area contributed by atoms with Gasteiger partial charge in [0.25, 0.3) is 5.91 Å². The largest absolute Gasteiger partial charge is 0.297 e. The van der Waals surface area contributed by atoms with Crippen LogP contribution in [-0.4, -0.2) is 36.5 Å². The van der Waals surface area contributed by atoms with Gasteiger partial charge in [0.2, 0.25) is 5.13 Å². The first-order valence-corrected chi connectivity index (χ1v) is 10.9. The molecule has 146 valence electrons. The highest BCUT2D eigenvalue weighted by atomic mass is 35.5. The Morgan fingerprint density at radius 2 is 2.00 bits per heavy atom. The van der Waals surface area contributed by atoms with Crippen molar-refractivity contribution in [2.75, 3.05) is 11.6 Å². The molecule has 0 bridgehead atoms. The number of amides is 1. The van der Waals surface area contributed by atoms with Crippen LogP contribution in [0.5, 0.6) is 0 Å². The van der Waals surface area contributed by atoms with Gasteiger partial charge in [-0.15, -0.1) is 16.9 Å². The van der Waals surface area contributed by atoms with Crippen LogP contribution in [0.25, 0.3) is 17.2 Å². The summed E-state index contributed by atoms with van der Waals surface area (Å²) in [6, 6.07) is 14.7. The van der Waals surface area contributed by atoms with Crippen molar-refractivity contribution in [3.63, 3.8) is 0 Å². The molecule has 2 heterocycles. The lowest BCUT2D eigenvalue weighted by Gasteiger charge is -2.04. The van der Waals surface area contributed by atoms with Crippen LogP contribution >= 0.6 is 34.9 Å². The average Bonchev–Trinajstić information content (AvgIpc) is 3.34. The Bertz CT molecular complexity index is 1170. The summed E-state index contributed by atoms with van der Waals surface area (Å²) in [6.45, 7) is 1.91. The Labute approximate surface area is 180 Å². The molecule has 1 amide bonds. The van der Waals surface area contributed by atoms with Gasteiger partial charge in [0.05, 0.1) is 11.4 Å². The molecular weight excluding hydrogens is 428 g/mol. The second-order valence-electron chi connectivity index (χ2n) is 6.02. The predicted molar refractivity (Wildman–Crippen MR) is 116 cm³/mol. The van der Waals surface area contributed by atoms with Gasteiger partial charge in [0.15, 0.2) is 11.5 Å². The van der Waals surface area contributed by atoms with Crippen LogP contribution < -0.4 is 5.32 Å². The van der Waals surface area contributed by atoms with Crippen molar-refractivity contribution in [1.29, 1.82) is 0 Å². The standard InChI is InChI=1S/C19H15ClN6OS2/c1-11-16(23-25-26(11)14-4-3-5-15(10-14)28-2)17-21-19(29-24-17)22-18(27)12-6-8-13(20)9-7-12/h3-10H,1-2H3,(H,21,22,24,27). The van der Waals surface area contributed by atoms with Crippen molar-refractivity contribution in [2.45, 2.75) is 11.8 Å². The number of rotatable bonds is 5. The number of hydrogen-bond donors (Lipinski definition) is 1. The van der Waals surface area contributed by atoms with E-state index < -0.39 is 0 Å². The van der Waals surface area contributed by atoms with Gasteiger partial charge in [-0.25, -0.2) is 4.68 Å². The van der Waals surface area contributed by atoms with Crippen LogP contribution in [0.1, 0.15) is 16.1 Å². The van der Waals surface area contributed by atoms with E-state index in [1.165, 1.54) is 0 Å². The highest BCUT2D eigenvalue weighted by Gasteiger charge is 2.18. The van der Waals surface area contributed by atoms with E-state index in [0.717, 1.165) is 27.8 Å². The molecule has 0 spiro atoms. The fraction of sp³-hybridized carbons (Fsp3) is 0.105. The molecular formula is C19H15ClN6OS2. The smallest absolute Gasteiger partial charge is 0.257 e. The van der Waals surface area contributed by atoms with Crippen molar-refractivity contribution < 1.29 is 4.79 Å². The summed E-state index contributed by atoms with van der Waals surface area (Å²) in [5.41, 5.74) is 2.79. The SMILES string of the molecule is CSc1cccc(-n2nnc(-c3nsc(NC(=O)c4ccc(Cl)cc4)n3)c2C)c1. The van der Waals surface area contributed by atoms with Gasteiger partial charge < -0.3 is 0 Å². The van der Waals surface area contributed by atoms with E-state index in [0.29, 0.717) is 27.2 Å². The van der Waals surface area contributed by atoms with E-state index in [2.05, 4.69) is 25.0 Å². The average molecular weight is 443 g/mol. The van der Waals surface area contributed by atoms with E-state index in [1.807, 2.05) is 37.4 Å². The van der Waals surface area contributed by atoms with Crippen LogP contribution in [-0.2, 0) is 0 Å². The topological polar surface area (TPSA) is 85.6 Å². The third-order valence-electron chi connectivity index (χ3n) is 4.16. The Morgan fingerprint density at radius 3 is 2.76 bits per heavy atom. The van der Waals surface area contributed by atoms with Gasteiger partial charge in [-0.3, -0.25) is 10.1 Å². The lowest BCUT2D eigenvalue weighted by molar-refractivity contribution is 0.102. The zero-order valence-electron chi connectivity index (χ0n) is 15.5. The number of hydrogen-bond acceptors (Lipinski definition) is 7. The van der Waals surface area contributed by atoms with Crippen LogP contribution in [0.3, 0.4) is 0 Å². The normalized spacial score (nSPS) is 10.9. The van der Waals surface area contributed by atoms with Crippen LogP contribution in [0.2, 0.25) is 5.02 Å². The molecule has 4 rings (SSSR count). The van der Waals surface area contributed by atoms with Crippen LogP contribution in [0.4, 0.5) is 5.13 Å². The molecule has 2 aromatic carbocycles. The van der Waals surface area contributed by atoms with Gasteiger partial charge in [-0.05, 0) is 55.6 Å². The fourth-order valence-electron chi connectivity index (χ4n) is 2.66. The molecule has 0 unspecified atom stereocenters. The Balaban J connectivity index is 1.56. The maximum Gasteiger partial charge on any atom is 0.257 e. The summed E-state index contributed by atoms with van der Waals surface area (Å²) >= 11 is 8.61. The molecule has 0 aliphatic rings. The molecule has 29 heavy (non-hydrogen) atoms. The highest BCUT2D eigenvalue weighted by Crippen LogP contribution is 2.25. The van der Waals surface area contributed by atoms with Crippen LogP contribution in [0, 0.1) is 6.92 Å². The van der Waals surface area contributed by atoms with E-state index in [1.54, 1.807) is 40.7 Å². The lowest BCUT2D eigenvalue weighted by Crippen LogP contribution is -2.11. The molecule has 7 nitrogen and oxygen atoms in total. The number of carbonyl (C=O) groups is 1.